The van der Waals surface area contributed by atoms with E-state index in [0.717, 1.165) is 30.4 Å². The summed E-state index contributed by atoms with van der Waals surface area (Å²) >= 11 is 0.856. The first-order valence-electron chi connectivity index (χ1n) is 10.7. The van der Waals surface area contributed by atoms with Crippen LogP contribution in [0.1, 0.15) is 43.2 Å². The maximum atomic E-state index is 13.4. The normalized spacial score (nSPS) is 18.8. The Morgan fingerprint density at radius 3 is 2.66 bits per heavy atom. The number of aromatic nitrogens is 4. The molecule has 2 aliphatic rings. The molecule has 0 radical (unpaired) electrons. The minimum absolute atomic E-state index is 0.00266. The Labute approximate surface area is 188 Å². The third kappa shape index (κ3) is 4.20. The van der Waals surface area contributed by atoms with Crippen molar-refractivity contribution in [3.8, 4) is 0 Å². The Kier molecular flexibility index (Phi) is 5.81. The van der Waals surface area contributed by atoms with Gasteiger partial charge in [0.05, 0.1) is 40.7 Å². The Morgan fingerprint density at radius 2 is 1.97 bits per heavy atom. The number of hydrogen-bond donors (Lipinski definition) is 0. The van der Waals surface area contributed by atoms with Gasteiger partial charge >= 0.3 is 0 Å². The van der Waals surface area contributed by atoms with E-state index in [1.807, 2.05) is 0 Å². The summed E-state index contributed by atoms with van der Waals surface area (Å²) in [5.74, 6) is 0.141. The SMILES string of the molecule is O=C(Cc1ncc(F)s1)[C@H](CC1CCOCC1)n1ncc2c(S(=O)(=O)C3CC3)cncc21. The third-order valence-corrected chi connectivity index (χ3v) is 9.25. The molecule has 170 valence electrons. The lowest BCUT2D eigenvalue weighted by molar-refractivity contribution is -0.122. The second-order valence-corrected chi connectivity index (χ2v) is 11.7. The van der Waals surface area contributed by atoms with Crippen LogP contribution in [-0.2, 0) is 25.8 Å². The third-order valence-electron chi connectivity index (χ3n) is 6.17. The van der Waals surface area contributed by atoms with Crippen molar-refractivity contribution in [2.45, 2.75) is 54.7 Å². The van der Waals surface area contributed by atoms with Crippen molar-refractivity contribution in [1.82, 2.24) is 19.7 Å². The van der Waals surface area contributed by atoms with Crippen molar-refractivity contribution in [3.05, 3.63) is 34.9 Å². The summed E-state index contributed by atoms with van der Waals surface area (Å²) in [7, 11) is -3.47. The van der Waals surface area contributed by atoms with Crippen LogP contribution in [0.4, 0.5) is 4.39 Å². The van der Waals surface area contributed by atoms with Crippen LogP contribution in [0, 0.1) is 11.0 Å². The fourth-order valence-electron chi connectivity index (χ4n) is 4.27. The van der Waals surface area contributed by atoms with Gasteiger partial charge in [0.25, 0.3) is 0 Å². The van der Waals surface area contributed by atoms with Crippen molar-refractivity contribution in [2.24, 2.45) is 5.92 Å². The minimum atomic E-state index is -3.47. The molecule has 0 spiro atoms. The highest BCUT2D eigenvalue weighted by atomic mass is 32.2. The van der Waals surface area contributed by atoms with Crippen LogP contribution >= 0.6 is 11.3 Å². The van der Waals surface area contributed by atoms with E-state index in [2.05, 4.69) is 15.1 Å². The zero-order valence-corrected chi connectivity index (χ0v) is 18.9. The van der Waals surface area contributed by atoms with Crippen LogP contribution in [0.25, 0.3) is 10.9 Å². The van der Waals surface area contributed by atoms with Crippen molar-refractivity contribution < 1.29 is 22.3 Å². The number of ketones is 1. The van der Waals surface area contributed by atoms with Gasteiger partial charge in [-0.25, -0.2) is 13.4 Å². The smallest absolute Gasteiger partial charge is 0.196 e. The predicted molar refractivity (Wildman–Crippen MR) is 116 cm³/mol. The van der Waals surface area contributed by atoms with Gasteiger partial charge in [0.2, 0.25) is 0 Å². The number of ether oxygens (including phenoxy) is 1. The zero-order chi connectivity index (χ0) is 22.3. The number of pyridine rings is 1. The molecule has 0 unspecified atom stereocenters. The van der Waals surface area contributed by atoms with Crippen molar-refractivity contribution in [2.75, 3.05) is 13.2 Å². The Hall–Kier alpha value is -2.24. The molecule has 1 atom stereocenters. The Morgan fingerprint density at radius 1 is 1.19 bits per heavy atom. The van der Waals surface area contributed by atoms with Crippen molar-refractivity contribution >= 4 is 37.9 Å². The number of fused-ring (bicyclic) bond motifs is 1. The first-order chi connectivity index (χ1) is 15.4. The Balaban J connectivity index is 1.52. The molecule has 8 nitrogen and oxygen atoms in total. The maximum Gasteiger partial charge on any atom is 0.196 e. The molecule has 32 heavy (non-hydrogen) atoms. The highest BCUT2D eigenvalue weighted by molar-refractivity contribution is 7.92. The maximum absolute atomic E-state index is 13.4. The van der Waals surface area contributed by atoms with E-state index in [9.17, 15) is 17.6 Å². The number of hydrogen-bond acceptors (Lipinski definition) is 8. The molecule has 1 aliphatic carbocycles. The fourth-order valence-corrected chi connectivity index (χ4v) is 6.71. The second-order valence-electron chi connectivity index (χ2n) is 8.41. The quantitative estimate of drug-likeness (QED) is 0.490. The molecule has 3 aromatic heterocycles. The second kappa shape index (κ2) is 8.60. The molecule has 3 aromatic rings. The van der Waals surface area contributed by atoms with Gasteiger partial charge in [-0.1, -0.05) is 11.3 Å². The van der Waals surface area contributed by atoms with E-state index in [1.54, 1.807) is 10.9 Å². The first-order valence-corrected chi connectivity index (χ1v) is 13.1. The van der Waals surface area contributed by atoms with Gasteiger partial charge in [-0.3, -0.25) is 14.5 Å². The lowest BCUT2D eigenvalue weighted by Gasteiger charge is -2.26. The number of rotatable bonds is 8. The van der Waals surface area contributed by atoms with E-state index >= 15 is 0 Å². The van der Waals surface area contributed by atoms with Gasteiger partial charge in [0.15, 0.2) is 20.8 Å². The van der Waals surface area contributed by atoms with Gasteiger partial charge in [-0.05, 0) is 38.0 Å². The molecule has 2 fully saturated rings. The summed E-state index contributed by atoms with van der Waals surface area (Å²) < 4.78 is 46.2. The molecule has 11 heteroatoms. The number of carbonyl (C=O) groups is 1. The summed E-state index contributed by atoms with van der Waals surface area (Å²) in [5.41, 5.74) is 0.516. The zero-order valence-electron chi connectivity index (χ0n) is 17.3. The van der Waals surface area contributed by atoms with E-state index in [4.69, 9.17) is 4.74 Å². The van der Waals surface area contributed by atoms with E-state index in [-0.39, 0.29) is 28.3 Å². The lowest BCUT2D eigenvalue weighted by atomic mass is 9.90. The van der Waals surface area contributed by atoms with E-state index < -0.39 is 21.0 Å². The average molecular weight is 479 g/mol. The molecule has 1 saturated carbocycles. The highest BCUT2D eigenvalue weighted by Gasteiger charge is 2.39. The number of Topliss-reactive ketones (excluding diaryl/α,β-unsaturated/α-hetero) is 1. The van der Waals surface area contributed by atoms with Crippen LogP contribution in [0.3, 0.4) is 0 Å². The molecule has 5 rings (SSSR count). The number of thiazole rings is 1. The summed E-state index contributed by atoms with van der Waals surface area (Å²) in [4.78, 5) is 21.7. The van der Waals surface area contributed by atoms with Gasteiger partial charge in [0.1, 0.15) is 11.0 Å². The fraction of sp³-hybridized carbons (Fsp3) is 0.524. The number of sulfone groups is 1. The largest absolute Gasteiger partial charge is 0.381 e. The van der Waals surface area contributed by atoms with Crippen LogP contribution in [0.5, 0.6) is 0 Å². The van der Waals surface area contributed by atoms with Gasteiger partial charge in [-0.15, -0.1) is 0 Å². The number of halogens is 1. The lowest BCUT2D eigenvalue weighted by Crippen LogP contribution is -2.27. The topological polar surface area (TPSA) is 104 Å². The standard InChI is InChI=1S/C21H23FN4O4S2/c22-20-12-24-21(31-20)8-18(27)16(7-13-3-5-30-6-4-13)26-17-10-23-11-19(15(17)9-25-26)32(28,29)14-1-2-14/h9-14,16H,1-8H2/t16-/m0/s1. The molecule has 4 heterocycles. The Bertz CT molecular complexity index is 1250. The summed E-state index contributed by atoms with van der Waals surface area (Å²) in [6.07, 6.45) is 9.09. The molecular weight excluding hydrogens is 455 g/mol. The van der Waals surface area contributed by atoms with E-state index in [1.165, 1.54) is 12.4 Å². The number of carbonyl (C=O) groups excluding carboxylic acids is 1. The van der Waals surface area contributed by atoms with Crippen LogP contribution < -0.4 is 0 Å². The minimum Gasteiger partial charge on any atom is -0.381 e. The molecule has 0 N–H and O–H groups in total. The van der Waals surface area contributed by atoms with Crippen LogP contribution in [-0.4, -0.2) is 52.4 Å². The first kappa shape index (κ1) is 21.6. The predicted octanol–water partition coefficient (Wildman–Crippen LogP) is 3.13. The van der Waals surface area contributed by atoms with Crippen LogP contribution in [0.15, 0.2) is 29.7 Å². The van der Waals surface area contributed by atoms with Crippen LogP contribution in [0.2, 0.25) is 0 Å². The summed E-state index contributed by atoms with van der Waals surface area (Å²) in [5, 5.41) is 4.55. The molecule has 0 aromatic carbocycles. The van der Waals surface area contributed by atoms with Crippen molar-refractivity contribution in [1.29, 1.82) is 0 Å². The van der Waals surface area contributed by atoms with Gasteiger partial charge in [0, 0.05) is 24.8 Å². The highest BCUT2D eigenvalue weighted by Crippen LogP contribution is 2.37. The molecule has 0 bridgehead atoms. The monoisotopic (exact) mass is 478 g/mol. The number of nitrogens with zero attached hydrogens (tertiary/aromatic N) is 4. The van der Waals surface area contributed by atoms with E-state index in [0.29, 0.717) is 48.4 Å². The average Bonchev–Trinajstić information content (AvgIpc) is 3.46. The van der Waals surface area contributed by atoms with Crippen molar-refractivity contribution in [3.63, 3.8) is 0 Å². The summed E-state index contributed by atoms with van der Waals surface area (Å²) in [6.45, 7) is 1.29. The molecule has 1 saturated heterocycles. The molecular formula is C21H23FN4O4S2. The molecule has 0 amide bonds. The molecule has 1 aliphatic heterocycles. The summed E-state index contributed by atoms with van der Waals surface area (Å²) in [6, 6.07) is -0.622. The van der Waals surface area contributed by atoms with Gasteiger partial charge < -0.3 is 4.74 Å². The van der Waals surface area contributed by atoms with Gasteiger partial charge in [-0.2, -0.15) is 9.49 Å².